The molecule has 0 amide bonds. The van der Waals surface area contributed by atoms with E-state index in [0.29, 0.717) is 0 Å². The summed E-state index contributed by atoms with van der Waals surface area (Å²) in [5, 5.41) is 0. The molecule has 0 bridgehead atoms. The van der Waals surface area contributed by atoms with E-state index in [-0.39, 0.29) is 0 Å². The molecule has 0 aliphatic carbocycles. The van der Waals surface area contributed by atoms with Gasteiger partial charge in [-0.05, 0) is 0 Å². The minimum atomic E-state index is -0.688. The number of rotatable bonds is 2. The Morgan fingerprint density at radius 2 is 1.60 bits per heavy atom. The van der Waals surface area contributed by atoms with Crippen LogP contribution < -0.4 is 0 Å². The van der Waals surface area contributed by atoms with Gasteiger partial charge in [-0.1, -0.05) is 0 Å². The van der Waals surface area contributed by atoms with Crippen molar-refractivity contribution in [3.8, 4) is 0 Å². The molecule has 0 saturated heterocycles. The van der Waals surface area contributed by atoms with Gasteiger partial charge < -0.3 is 0 Å². The number of hydrogen-bond donors (Lipinski definition) is 0. The molecule has 1 radical (unpaired) electrons. The van der Waals surface area contributed by atoms with E-state index >= 15 is 0 Å². The fourth-order valence-corrected chi connectivity index (χ4v) is 0.500. The molecule has 0 aromatic carbocycles. The summed E-state index contributed by atoms with van der Waals surface area (Å²) in [7, 11) is 3.31. The van der Waals surface area contributed by atoms with Crippen molar-refractivity contribution < 1.29 is 7.53 Å². The second kappa shape index (κ2) is 4.46. The third kappa shape index (κ3) is 4.46. The van der Waals surface area contributed by atoms with E-state index < -0.39 is 16.1 Å². The van der Waals surface area contributed by atoms with Crippen LogP contribution in [0.1, 0.15) is 0 Å². The van der Waals surface area contributed by atoms with Crippen LogP contribution in [-0.2, 0) is 7.53 Å². The summed E-state index contributed by atoms with van der Waals surface area (Å²) in [6.07, 6.45) is 0. The Kier molecular flexibility index (Phi) is 4.88. The second-order valence-electron chi connectivity index (χ2n) is 0.568. The maximum atomic E-state index is 4.62. The van der Waals surface area contributed by atoms with Gasteiger partial charge in [0.2, 0.25) is 0 Å². The van der Waals surface area contributed by atoms with Crippen LogP contribution in [0.25, 0.3) is 0 Å². The van der Waals surface area contributed by atoms with Crippen LogP contribution in [0.3, 0.4) is 0 Å². The van der Waals surface area contributed by atoms with Gasteiger partial charge in [0.1, 0.15) is 0 Å². The van der Waals surface area contributed by atoms with E-state index in [1.54, 1.807) is 14.2 Å². The topological polar surface area (TPSA) is 18.5 Å². The van der Waals surface area contributed by atoms with Crippen LogP contribution in [0.2, 0.25) is 0 Å². The Balaban J connectivity index is 2.19. The maximum absolute atomic E-state index is 4.62. The molecule has 0 aliphatic heterocycles. The van der Waals surface area contributed by atoms with Crippen molar-refractivity contribution in [2.45, 2.75) is 0 Å². The van der Waals surface area contributed by atoms with Crippen LogP contribution in [0, 0.1) is 0 Å². The first-order valence-corrected chi connectivity index (χ1v) is 3.27. The summed E-state index contributed by atoms with van der Waals surface area (Å²) in [5.74, 6) is 0. The Labute approximate surface area is 38.6 Å². The standard InChI is InChI=1S/C2H7GeO2/c1-4-3-5-2/h3H,1-2H3. The van der Waals surface area contributed by atoms with Gasteiger partial charge in [-0.3, -0.25) is 0 Å². The van der Waals surface area contributed by atoms with Crippen LogP contribution in [-0.4, -0.2) is 30.3 Å². The summed E-state index contributed by atoms with van der Waals surface area (Å²) in [5.41, 5.74) is 0. The van der Waals surface area contributed by atoms with Gasteiger partial charge in [0.05, 0.1) is 0 Å². The summed E-state index contributed by atoms with van der Waals surface area (Å²) >= 11 is -0.688. The molecule has 0 unspecified atom stereocenters. The zero-order chi connectivity index (χ0) is 4.12. The summed E-state index contributed by atoms with van der Waals surface area (Å²) in [6.45, 7) is 0. The quantitative estimate of drug-likeness (QED) is 0.478. The second-order valence-corrected chi connectivity index (χ2v) is 2.95. The van der Waals surface area contributed by atoms with Gasteiger partial charge in [0.25, 0.3) is 0 Å². The van der Waals surface area contributed by atoms with Gasteiger partial charge in [-0.15, -0.1) is 0 Å². The Bertz CT molecular complexity index is 15.1. The average Bonchev–Trinajstić information content (AvgIpc) is 1.41. The molecule has 0 aromatic heterocycles. The molecule has 0 spiro atoms. The molecule has 0 N–H and O–H groups in total. The van der Waals surface area contributed by atoms with E-state index in [0.717, 1.165) is 0 Å². The first-order valence-electron chi connectivity index (χ1n) is 1.29. The van der Waals surface area contributed by atoms with Gasteiger partial charge in [-0.25, -0.2) is 0 Å². The van der Waals surface area contributed by atoms with E-state index in [4.69, 9.17) is 0 Å². The van der Waals surface area contributed by atoms with Crippen molar-refractivity contribution in [1.82, 2.24) is 0 Å². The minimum absolute atomic E-state index is 0.688. The average molecular weight is 136 g/mol. The van der Waals surface area contributed by atoms with Crippen molar-refractivity contribution in [3.63, 3.8) is 0 Å². The summed E-state index contributed by atoms with van der Waals surface area (Å²) in [6, 6.07) is 0. The molecule has 0 aliphatic rings. The molecular formula is C2H7GeO2. The molecule has 5 heavy (non-hydrogen) atoms. The molecule has 3 heteroatoms. The van der Waals surface area contributed by atoms with E-state index in [1.807, 2.05) is 0 Å². The van der Waals surface area contributed by atoms with Gasteiger partial charge >= 0.3 is 37.9 Å². The van der Waals surface area contributed by atoms with Gasteiger partial charge in [-0.2, -0.15) is 0 Å². The van der Waals surface area contributed by atoms with Crippen LogP contribution >= 0.6 is 0 Å². The van der Waals surface area contributed by atoms with Crippen molar-refractivity contribution >= 4 is 16.1 Å². The van der Waals surface area contributed by atoms with E-state index in [9.17, 15) is 0 Å². The molecule has 2 nitrogen and oxygen atoms in total. The third-order valence-electron chi connectivity index (χ3n) is 0.192. The first-order chi connectivity index (χ1) is 2.41. The molecule has 0 heterocycles. The molecular weight excluding hydrogens is 129 g/mol. The summed E-state index contributed by atoms with van der Waals surface area (Å²) < 4.78 is 9.25. The fourth-order valence-electron chi connectivity index (χ4n) is 0.0962. The van der Waals surface area contributed by atoms with Gasteiger partial charge in [0.15, 0.2) is 0 Å². The van der Waals surface area contributed by atoms with Crippen LogP contribution in [0.4, 0.5) is 0 Å². The normalized spacial score (nSPS) is 8.40. The molecule has 0 saturated carbocycles. The first kappa shape index (κ1) is 5.46. The Morgan fingerprint density at radius 3 is 1.60 bits per heavy atom. The number of hydrogen-bond acceptors (Lipinski definition) is 2. The monoisotopic (exact) mass is 137 g/mol. The third-order valence-corrected chi connectivity index (χ3v) is 1.00. The van der Waals surface area contributed by atoms with Crippen molar-refractivity contribution in [2.75, 3.05) is 14.2 Å². The molecule has 31 valence electrons. The molecule has 0 aromatic rings. The van der Waals surface area contributed by atoms with E-state index in [2.05, 4.69) is 7.53 Å². The Hall–Kier alpha value is 0.463. The van der Waals surface area contributed by atoms with Crippen LogP contribution in [0.5, 0.6) is 0 Å². The van der Waals surface area contributed by atoms with E-state index in [1.165, 1.54) is 0 Å². The Morgan fingerprint density at radius 1 is 1.20 bits per heavy atom. The van der Waals surface area contributed by atoms with Crippen molar-refractivity contribution in [3.05, 3.63) is 0 Å². The molecule has 0 atom stereocenters. The predicted molar refractivity (Wildman–Crippen MR) is 21.2 cm³/mol. The van der Waals surface area contributed by atoms with Gasteiger partial charge in [0, 0.05) is 0 Å². The molecule has 0 rings (SSSR count). The van der Waals surface area contributed by atoms with Crippen molar-refractivity contribution in [2.24, 2.45) is 0 Å². The zero-order valence-corrected chi connectivity index (χ0v) is 5.82. The predicted octanol–water partition coefficient (Wildman–Crippen LogP) is -0.454. The fraction of sp³-hybridized carbons (Fsp3) is 1.00. The zero-order valence-electron chi connectivity index (χ0n) is 3.39. The van der Waals surface area contributed by atoms with Crippen molar-refractivity contribution in [1.29, 1.82) is 0 Å². The van der Waals surface area contributed by atoms with Crippen LogP contribution in [0.15, 0.2) is 0 Å². The SMILES string of the molecule is C[O][GeH][O]C. The molecule has 0 fully saturated rings. The summed E-state index contributed by atoms with van der Waals surface area (Å²) in [4.78, 5) is 0.